The number of anilines is 1. The van der Waals surface area contributed by atoms with Crippen molar-refractivity contribution < 1.29 is 18.8 Å². The van der Waals surface area contributed by atoms with Crippen LogP contribution in [0, 0.1) is 6.92 Å². The molecule has 0 aliphatic carbocycles. The second-order valence-corrected chi connectivity index (χ2v) is 7.18. The summed E-state index contributed by atoms with van der Waals surface area (Å²) in [5.74, 6) is -0.545. The van der Waals surface area contributed by atoms with Crippen molar-refractivity contribution in [3.8, 4) is 0 Å². The second kappa shape index (κ2) is 8.19. The molecule has 0 bridgehead atoms. The zero-order valence-electron chi connectivity index (χ0n) is 15.5. The Morgan fingerprint density at radius 1 is 1.28 bits per heavy atom. The summed E-state index contributed by atoms with van der Waals surface area (Å²) in [6.07, 6.45) is 3.08. The van der Waals surface area contributed by atoms with Crippen LogP contribution in [0.25, 0.3) is 0 Å². The van der Waals surface area contributed by atoms with E-state index in [4.69, 9.17) is 16.3 Å². The molecule has 1 amide bonds. The molecule has 0 radical (unpaired) electrons. The van der Waals surface area contributed by atoms with Gasteiger partial charge in [-0.1, -0.05) is 18.5 Å². The van der Waals surface area contributed by atoms with Gasteiger partial charge in [0.2, 0.25) is 0 Å². The molecule has 6 heteroatoms. The first-order valence-electron chi connectivity index (χ1n) is 8.93. The number of carbonyl (C=O) groups excluding carboxylic acids is 2. The van der Waals surface area contributed by atoms with Gasteiger partial charge in [-0.3, -0.25) is 4.79 Å². The number of ether oxygens (including phenoxy) is 1. The third-order valence-electron chi connectivity index (χ3n) is 5.39. The van der Waals surface area contributed by atoms with Crippen molar-refractivity contribution in [3.05, 3.63) is 28.3 Å². The first-order chi connectivity index (χ1) is 11.9. The predicted octanol–water partition coefficient (Wildman–Crippen LogP) is 3.78. The molecule has 1 saturated heterocycles. The van der Waals surface area contributed by atoms with Crippen LogP contribution in [-0.2, 0) is 9.53 Å². The third-order valence-corrected chi connectivity index (χ3v) is 5.61. The molecule has 1 aromatic carbocycles. The molecule has 5 nitrogen and oxygen atoms in total. The molecule has 1 fully saturated rings. The van der Waals surface area contributed by atoms with Gasteiger partial charge >= 0.3 is 5.97 Å². The number of hydrogen-bond acceptors (Lipinski definition) is 3. The molecule has 1 atom stereocenters. The number of quaternary nitrogens is 1. The number of nitrogens with one attached hydrogen (secondary N) is 1. The van der Waals surface area contributed by atoms with Crippen LogP contribution in [0.2, 0.25) is 5.02 Å². The van der Waals surface area contributed by atoms with Crippen molar-refractivity contribution >= 4 is 29.2 Å². The van der Waals surface area contributed by atoms with Crippen molar-refractivity contribution in [2.45, 2.75) is 46.1 Å². The van der Waals surface area contributed by atoms with E-state index in [9.17, 15) is 9.59 Å². The lowest BCUT2D eigenvalue weighted by molar-refractivity contribution is -0.930. The quantitative estimate of drug-likeness (QED) is 0.615. The molecule has 1 unspecified atom stereocenters. The van der Waals surface area contributed by atoms with E-state index in [1.165, 1.54) is 13.2 Å². The average molecular weight is 368 g/mol. The van der Waals surface area contributed by atoms with Crippen LogP contribution in [-0.4, -0.2) is 49.1 Å². The van der Waals surface area contributed by atoms with Crippen LogP contribution >= 0.6 is 11.6 Å². The highest BCUT2D eigenvalue weighted by molar-refractivity contribution is 6.31. The number of nitrogens with zero attached hydrogens (tertiary/aromatic N) is 1. The van der Waals surface area contributed by atoms with Gasteiger partial charge in [0.25, 0.3) is 5.91 Å². The summed E-state index contributed by atoms with van der Waals surface area (Å²) in [5, 5.41) is 3.44. The molecular formula is C19H28ClN2O3+. The fourth-order valence-electron chi connectivity index (χ4n) is 4.02. The van der Waals surface area contributed by atoms with E-state index in [1.54, 1.807) is 6.07 Å². The fourth-order valence-corrected chi connectivity index (χ4v) is 4.29. The summed E-state index contributed by atoms with van der Waals surface area (Å²) < 4.78 is 5.67. The second-order valence-electron chi connectivity index (χ2n) is 6.74. The van der Waals surface area contributed by atoms with Crippen LogP contribution in [0.5, 0.6) is 0 Å². The summed E-state index contributed by atoms with van der Waals surface area (Å²) >= 11 is 6.07. The number of aryl methyl sites for hydroxylation is 1. The highest BCUT2D eigenvalue weighted by atomic mass is 35.5. The minimum absolute atomic E-state index is 0.0400. The van der Waals surface area contributed by atoms with Gasteiger partial charge in [-0.15, -0.1) is 0 Å². The Morgan fingerprint density at radius 2 is 1.92 bits per heavy atom. The van der Waals surface area contributed by atoms with E-state index in [2.05, 4.69) is 12.2 Å². The number of halogens is 1. The lowest BCUT2D eigenvalue weighted by Crippen LogP contribution is -2.57. The van der Waals surface area contributed by atoms with Crippen molar-refractivity contribution in [1.29, 1.82) is 0 Å². The number of carbonyl (C=O) groups is 2. The maximum atomic E-state index is 13.1. The van der Waals surface area contributed by atoms with Gasteiger partial charge in [-0.05, 0) is 31.5 Å². The number of amides is 1. The SMILES string of the molecule is CCC(C(=O)Nc1c(C)cc(Cl)cc1C(=O)OC)[N+]1(CC)CCCC1. The number of likely N-dealkylation sites (N-methyl/N-ethyl adjacent to an activating group) is 1. The number of benzene rings is 1. The molecule has 0 saturated carbocycles. The van der Waals surface area contributed by atoms with Crippen LogP contribution in [0.15, 0.2) is 12.1 Å². The summed E-state index contributed by atoms with van der Waals surface area (Å²) in [7, 11) is 1.32. The van der Waals surface area contributed by atoms with Crippen molar-refractivity contribution in [3.63, 3.8) is 0 Å². The Bertz CT molecular complexity index is 654. The van der Waals surface area contributed by atoms with Crippen molar-refractivity contribution in [2.75, 3.05) is 32.1 Å². The molecule has 138 valence electrons. The van der Waals surface area contributed by atoms with Gasteiger partial charge in [0.15, 0.2) is 6.04 Å². The Hall–Kier alpha value is -1.59. The first kappa shape index (κ1) is 19.7. The highest BCUT2D eigenvalue weighted by Gasteiger charge is 2.42. The molecule has 1 aliphatic heterocycles. The van der Waals surface area contributed by atoms with Gasteiger partial charge in [-0.2, -0.15) is 0 Å². The topological polar surface area (TPSA) is 55.4 Å². The predicted molar refractivity (Wildman–Crippen MR) is 100 cm³/mol. The standard InChI is InChI=1S/C19H27ClN2O3/c1-5-16(22(6-2)9-7-8-10-22)18(23)21-17-13(3)11-14(20)12-15(17)19(24)25-4/h11-12,16H,5-10H2,1-4H3/p+1. The number of methoxy groups -OCH3 is 1. The van der Waals surface area contributed by atoms with Crippen LogP contribution < -0.4 is 5.32 Å². The highest BCUT2D eigenvalue weighted by Crippen LogP contribution is 2.29. The fraction of sp³-hybridized carbons (Fsp3) is 0.579. The minimum Gasteiger partial charge on any atom is -0.465 e. The molecule has 1 heterocycles. The molecule has 1 aliphatic rings. The van der Waals surface area contributed by atoms with Gasteiger partial charge in [0.1, 0.15) is 0 Å². The van der Waals surface area contributed by atoms with Gasteiger partial charge < -0.3 is 14.5 Å². The van der Waals surface area contributed by atoms with Crippen LogP contribution in [0.1, 0.15) is 49.0 Å². The van der Waals surface area contributed by atoms with E-state index in [0.29, 0.717) is 16.3 Å². The van der Waals surface area contributed by atoms with Crippen LogP contribution in [0.3, 0.4) is 0 Å². The van der Waals surface area contributed by atoms with E-state index in [0.717, 1.165) is 48.9 Å². The molecular weight excluding hydrogens is 340 g/mol. The zero-order chi connectivity index (χ0) is 18.6. The first-order valence-corrected chi connectivity index (χ1v) is 9.31. The van der Waals surface area contributed by atoms with E-state index < -0.39 is 5.97 Å². The Labute approximate surface area is 154 Å². The maximum absolute atomic E-state index is 13.1. The smallest absolute Gasteiger partial charge is 0.340 e. The molecule has 1 aromatic rings. The van der Waals surface area contributed by atoms with Crippen LogP contribution in [0.4, 0.5) is 5.69 Å². The molecule has 1 N–H and O–H groups in total. The van der Waals surface area contributed by atoms with Gasteiger partial charge in [-0.25, -0.2) is 4.79 Å². The molecule has 25 heavy (non-hydrogen) atoms. The summed E-state index contributed by atoms with van der Waals surface area (Å²) in [6, 6.07) is 3.16. The van der Waals surface area contributed by atoms with E-state index in [-0.39, 0.29) is 11.9 Å². The molecule has 0 spiro atoms. The van der Waals surface area contributed by atoms with Crippen molar-refractivity contribution in [2.24, 2.45) is 0 Å². The van der Waals surface area contributed by atoms with E-state index >= 15 is 0 Å². The lowest BCUT2D eigenvalue weighted by Gasteiger charge is -2.39. The zero-order valence-corrected chi connectivity index (χ0v) is 16.3. The van der Waals surface area contributed by atoms with Crippen molar-refractivity contribution in [1.82, 2.24) is 0 Å². The minimum atomic E-state index is -0.505. The summed E-state index contributed by atoms with van der Waals surface area (Å²) in [4.78, 5) is 25.2. The normalized spacial score (nSPS) is 17.2. The third kappa shape index (κ3) is 3.98. The Kier molecular flexibility index (Phi) is 6.47. The molecule has 2 rings (SSSR count). The monoisotopic (exact) mass is 367 g/mol. The number of likely N-dealkylation sites (tertiary alicyclic amines) is 1. The number of esters is 1. The number of rotatable bonds is 6. The summed E-state index contributed by atoms with van der Waals surface area (Å²) in [6.45, 7) is 9.03. The number of hydrogen-bond donors (Lipinski definition) is 1. The maximum Gasteiger partial charge on any atom is 0.340 e. The van der Waals surface area contributed by atoms with Gasteiger partial charge in [0.05, 0.1) is 38.0 Å². The molecule has 0 aromatic heterocycles. The largest absolute Gasteiger partial charge is 0.465 e. The van der Waals surface area contributed by atoms with E-state index in [1.807, 2.05) is 13.8 Å². The van der Waals surface area contributed by atoms with Gasteiger partial charge in [0, 0.05) is 24.3 Å². The lowest BCUT2D eigenvalue weighted by atomic mass is 10.1. The average Bonchev–Trinajstić information content (AvgIpc) is 3.06. The summed E-state index contributed by atoms with van der Waals surface area (Å²) in [5.41, 5.74) is 1.54. The Balaban J connectivity index is 2.34. The Morgan fingerprint density at radius 3 is 2.44 bits per heavy atom.